The molecule has 0 saturated carbocycles. The number of furan rings is 1. The maximum Gasteiger partial charge on any atom is 0.131 e. The number of hydrogen-bond donors (Lipinski definition) is 0. The minimum Gasteiger partial charge on any atom is -0.464 e. The van der Waals surface area contributed by atoms with Gasteiger partial charge in [0.2, 0.25) is 0 Å². The first-order chi connectivity index (χ1) is 11.5. The van der Waals surface area contributed by atoms with Gasteiger partial charge < -0.3 is 9.32 Å². The Hall–Kier alpha value is -1.62. The number of rotatable bonds is 6. The van der Waals surface area contributed by atoms with Crippen molar-refractivity contribution in [2.45, 2.75) is 38.9 Å². The highest BCUT2D eigenvalue weighted by atomic mass is 35.5. The van der Waals surface area contributed by atoms with Crippen LogP contribution in [0.1, 0.15) is 42.0 Å². The number of ketones is 1. The second kappa shape index (κ2) is 8.65. The van der Waals surface area contributed by atoms with Gasteiger partial charge in [0.15, 0.2) is 0 Å². The first kappa shape index (κ1) is 19.7. The summed E-state index contributed by atoms with van der Waals surface area (Å²) in [5.74, 6) is 2.36. The summed E-state index contributed by atoms with van der Waals surface area (Å²) in [6.07, 6.45) is 1.46. The van der Waals surface area contributed by atoms with Crippen LogP contribution in [-0.4, -0.2) is 36.2 Å². The maximum atomic E-state index is 11.8. The Labute approximate surface area is 156 Å². The molecule has 0 bridgehead atoms. The minimum atomic E-state index is 0. The zero-order valence-electron chi connectivity index (χ0n) is 15.2. The Morgan fingerprint density at radius 1 is 1.28 bits per heavy atom. The van der Waals surface area contributed by atoms with E-state index in [1.165, 1.54) is 11.1 Å². The fourth-order valence-electron chi connectivity index (χ4n) is 3.48. The van der Waals surface area contributed by atoms with Crippen molar-refractivity contribution < 1.29 is 9.21 Å². The van der Waals surface area contributed by atoms with E-state index in [9.17, 15) is 4.79 Å². The Bertz CT molecular complexity index is 697. The third-order valence-electron chi connectivity index (χ3n) is 4.53. The highest BCUT2D eigenvalue weighted by Gasteiger charge is 2.28. The highest BCUT2D eigenvalue weighted by molar-refractivity contribution is 5.85. The molecule has 3 rings (SSSR count). The molecule has 1 unspecified atom stereocenters. The van der Waals surface area contributed by atoms with Crippen molar-refractivity contribution in [1.29, 1.82) is 0 Å². The van der Waals surface area contributed by atoms with Crippen LogP contribution in [0.15, 0.2) is 40.8 Å². The van der Waals surface area contributed by atoms with E-state index in [1.807, 2.05) is 32.3 Å². The molecule has 136 valence electrons. The summed E-state index contributed by atoms with van der Waals surface area (Å²) in [6.45, 7) is 4.27. The van der Waals surface area contributed by atoms with Gasteiger partial charge in [-0.15, -0.1) is 12.4 Å². The van der Waals surface area contributed by atoms with Crippen LogP contribution in [0.25, 0.3) is 0 Å². The summed E-state index contributed by atoms with van der Waals surface area (Å²) in [6, 6.07) is 12.7. The van der Waals surface area contributed by atoms with Crippen LogP contribution < -0.4 is 0 Å². The molecule has 1 atom stereocenters. The Morgan fingerprint density at radius 2 is 2.00 bits per heavy atom. The summed E-state index contributed by atoms with van der Waals surface area (Å²) < 4.78 is 6.00. The van der Waals surface area contributed by atoms with E-state index in [0.29, 0.717) is 6.42 Å². The molecule has 25 heavy (non-hydrogen) atoms. The van der Waals surface area contributed by atoms with E-state index in [2.05, 4.69) is 28.0 Å². The van der Waals surface area contributed by atoms with Crippen LogP contribution in [-0.2, 0) is 24.3 Å². The lowest BCUT2D eigenvalue weighted by molar-refractivity contribution is -0.118. The molecule has 0 amide bonds. The lowest BCUT2D eigenvalue weighted by Gasteiger charge is -2.34. The molecule has 0 fully saturated rings. The molecule has 2 heterocycles. The molecular formula is C20H27ClN2O2. The van der Waals surface area contributed by atoms with Crippen molar-refractivity contribution in [2.75, 3.05) is 20.6 Å². The van der Waals surface area contributed by atoms with Crippen LogP contribution in [0.3, 0.4) is 0 Å². The molecule has 5 heteroatoms. The van der Waals surface area contributed by atoms with Crippen LogP contribution in [0.5, 0.6) is 0 Å². The van der Waals surface area contributed by atoms with Crippen molar-refractivity contribution in [1.82, 2.24) is 9.80 Å². The topological polar surface area (TPSA) is 36.7 Å². The van der Waals surface area contributed by atoms with Gasteiger partial charge in [-0.05, 0) is 32.6 Å². The number of halogens is 1. The van der Waals surface area contributed by atoms with Crippen LogP contribution in [0, 0.1) is 0 Å². The van der Waals surface area contributed by atoms with Crippen molar-refractivity contribution in [3.05, 3.63) is 59.0 Å². The third-order valence-corrected chi connectivity index (χ3v) is 4.53. The smallest absolute Gasteiger partial charge is 0.131 e. The van der Waals surface area contributed by atoms with Crippen LogP contribution in [0.2, 0.25) is 0 Å². The summed E-state index contributed by atoms with van der Waals surface area (Å²) in [5.41, 5.74) is 2.48. The van der Waals surface area contributed by atoms with Crippen molar-refractivity contribution in [3.63, 3.8) is 0 Å². The molecule has 1 aromatic heterocycles. The largest absolute Gasteiger partial charge is 0.464 e. The van der Waals surface area contributed by atoms with E-state index >= 15 is 0 Å². The van der Waals surface area contributed by atoms with Crippen molar-refractivity contribution in [2.24, 2.45) is 0 Å². The number of nitrogens with zero attached hydrogens (tertiary/aromatic N) is 2. The van der Waals surface area contributed by atoms with Gasteiger partial charge in [0.1, 0.15) is 17.3 Å². The maximum absolute atomic E-state index is 11.8. The van der Waals surface area contributed by atoms with Gasteiger partial charge in [0.25, 0.3) is 0 Å². The molecule has 0 N–H and O–H groups in total. The molecular weight excluding hydrogens is 336 g/mol. The summed E-state index contributed by atoms with van der Waals surface area (Å²) in [7, 11) is 4.10. The fourth-order valence-corrected chi connectivity index (χ4v) is 3.48. The van der Waals surface area contributed by atoms with E-state index in [1.54, 1.807) is 6.92 Å². The van der Waals surface area contributed by atoms with Gasteiger partial charge in [-0.3, -0.25) is 9.69 Å². The number of carbonyl (C=O) groups excluding carboxylic acids is 1. The van der Waals surface area contributed by atoms with E-state index in [4.69, 9.17) is 4.42 Å². The highest BCUT2D eigenvalue weighted by Crippen LogP contribution is 2.32. The summed E-state index contributed by atoms with van der Waals surface area (Å²) in [4.78, 5) is 16.3. The van der Waals surface area contributed by atoms with Crippen molar-refractivity contribution >= 4 is 18.2 Å². The molecule has 2 aromatic rings. The van der Waals surface area contributed by atoms with E-state index in [-0.39, 0.29) is 24.2 Å². The van der Waals surface area contributed by atoms with E-state index in [0.717, 1.165) is 37.6 Å². The average Bonchev–Trinajstić information content (AvgIpc) is 2.93. The van der Waals surface area contributed by atoms with Gasteiger partial charge in [-0.1, -0.05) is 30.3 Å². The normalized spacial score (nSPS) is 15.5. The molecule has 4 nitrogen and oxygen atoms in total. The number of fused-ring (bicyclic) bond motifs is 1. The van der Waals surface area contributed by atoms with Gasteiger partial charge >= 0.3 is 0 Å². The van der Waals surface area contributed by atoms with Gasteiger partial charge in [0, 0.05) is 37.5 Å². The molecule has 0 radical (unpaired) electrons. The molecule has 1 aliphatic rings. The second-order valence-corrected chi connectivity index (χ2v) is 6.95. The second-order valence-electron chi connectivity index (χ2n) is 6.95. The van der Waals surface area contributed by atoms with Crippen molar-refractivity contribution in [3.8, 4) is 0 Å². The van der Waals surface area contributed by atoms with Gasteiger partial charge in [-0.2, -0.15) is 0 Å². The standard InChI is InChI=1S/C20H26N2O2.ClH/c1-15(23)11-19(16-7-5-4-6-8-16)22-10-9-20-17(13-22)12-18(24-20)14-21(2)3;/h4-8,12,19H,9-11,13-14H2,1-3H3;1H. The molecule has 1 aliphatic heterocycles. The van der Waals surface area contributed by atoms with Gasteiger partial charge in [0.05, 0.1) is 6.54 Å². The lowest BCUT2D eigenvalue weighted by atomic mass is 9.97. The third kappa shape index (κ3) is 4.94. The van der Waals surface area contributed by atoms with Crippen LogP contribution in [0.4, 0.5) is 0 Å². The molecule has 0 spiro atoms. The molecule has 0 aliphatic carbocycles. The predicted molar refractivity (Wildman–Crippen MR) is 102 cm³/mol. The number of benzene rings is 1. The summed E-state index contributed by atoms with van der Waals surface area (Å²) >= 11 is 0. The fraction of sp³-hybridized carbons (Fsp3) is 0.450. The zero-order valence-corrected chi connectivity index (χ0v) is 16.0. The minimum absolute atomic E-state index is 0. The SMILES string of the molecule is CC(=O)CC(c1ccccc1)N1CCc2oc(CN(C)C)cc2C1.Cl. The first-order valence-electron chi connectivity index (χ1n) is 8.56. The first-order valence-corrected chi connectivity index (χ1v) is 8.56. The zero-order chi connectivity index (χ0) is 17.1. The van der Waals surface area contributed by atoms with E-state index < -0.39 is 0 Å². The van der Waals surface area contributed by atoms with Crippen LogP contribution >= 0.6 is 12.4 Å². The monoisotopic (exact) mass is 362 g/mol. The lowest BCUT2D eigenvalue weighted by Crippen LogP contribution is -2.34. The predicted octanol–water partition coefficient (Wildman–Crippen LogP) is 3.84. The molecule has 1 aromatic carbocycles. The number of Topliss-reactive ketones (excluding diaryl/α,β-unsaturated/α-hetero) is 1. The Balaban J connectivity index is 0.00000225. The Kier molecular flexibility index (Phi) is 6.82. The number of carbonyl (C=O) groups is 1. The van der Waals surface area contributed by atoms with Gasteiger partial charge in [-0.25, -0.2) is 0 Å². The molecule has 0 saturated heterocycles. The Morgan fingerprint density at radius 3 is 2.64 bits per heavy atom. The number of hydrogen-bond acceptors (Lipinski definition) is 4. The average molecular weight is 363 g/mol. The summed E-state index contributed by atoms with van der Waals surface area (Å²) in [5, 5.41) is 0. The quantitative estimate of drug-likeness (QED) is 0.782.